The average Bonchev–Trinajstić information content (AvgIpc) is 2.94. The second kappa shape index (κ2) is 5.53. The Bertz CT molecular complexity index is 595. The first-order chi connectivity index (χ1) is 9.80. The van der Waals surface area contributed by atoms with Gasteiger partial charge >= 0.3 is 0 Å². The molecule has 0 saturated carbocycles. The number of nitrogens with zero attached hydrogens (tertiary/aromatic N) is 3. The SMILES string of the molecule is CCc1noc(CN2CCCc3cc(OC)ccc32)n1. The molecule has 1 aromatic carbocycles. The Hall–Kier alpha value is -2.04. The lowest BCUT2D eigenvalue weighted by Gasteiger charge is -2.30. The van der Waals surface area contributed by atoms with E-state index in [1.165, 1.54) is 11.3 Å². The van der Waals surface area contributed by atoms with E-state index in [-0.39, 0.29) is 0 Å². The number of hydrogen-bond donors (Lipinski definition) is 0. The van der Waals surface area contributed by atoms with Crippen LogP contribution in [0.25, 0.3) is 0 Å². The molecule has 1 aliphatic heterocycles. The fourth-order valence-corrected chi connectivity index (χ4v) is 2.60. The van der Waals surface area contributed by atoms with Gasteiger partial charge in [0.05, 0.1) is 13.7 Å². The van der Waals surface area contributed by atoms with E-state index in [0.29, 0.717) is 12.4 Å². The van der Waals surface area contributed by atoms with Crippen LogP contribution in [0, 0.1) is 0 Å². The molecular weight excluding hydrogens is 254 g/mol. The third-order valence-electron chi connectivity index (χ3n) is 3.65. The molecule has 0 bridgehead atoms. The van der Waals surface area contributed by atoms with Crippen LogP contribution in [0.4, 0.5) is 5.69 Å². The number of aromatic nitrogens is 2. The summed E-state index contributed by atoms with van der Waals surface area (Å²) >= 11 is 0. The van der Waals surface area contributed by atoms with Crippen LogP contribution in [0.5, 0.6) is 5.75 Å². The molecule has 0 amide bonds. The number of ether oxygens (including phenoxy) is 1. The Kier molecular flexibility index (Phi) is 3.58. The lowest BCUT2D eigenvalue weighted by atomic mass is 10.0. The van der Waals surface area contributed by atoms with Crippen molar-refractivity contribution in [3.05, 3.63) is 35.5 Å². The Morgan fingerprint density at radius 2 is 2.30 bits per heavy atom. The van der Waals surface area contributed by atoms with Gasteiger partial charge in [-0.2, -0.15) is 4.98 Å². The van der Waals surface area contributed by atoms with Crippen molar-refractivity contribution in [3.8, 4) is 5.75 Å². The van der Waals surface area contributed by atoms with Gasteiger partial charge in [0.25, 0.3) is 0 Å². The monoisotopic (exact) mass is 273 g/mol. The molecule has 5 heteroatoms. The van der Waals surface area contributed by atoms with Gasteiger partial charge < -0.3 is 14.2 Å². The first-order valence-corrected chi connectivity index (χ1v) is 7.03. The summed E-state index contributed by atoms with van der Waals surface area (Å²) in [5.41, 5.74) is 2.57. The summed E-state index contributed by atoms with van der Waals surface area (Å²) in [7, 11) is 1.70. The van der Waals surface area contributed by atoms with Crippen LogP contribution in [0.3, 0.4) is 0 Å². The highest BCUT2D eigenvalue weighted by molar-refractivity contribution is 5.57. The van der Waals surface area contributed by atoms with E-state index in [9.17, 15) is 0 Å². The maximum atomic E-state index is 5.29. The molecule has 1 aliphatic rings. The van der Waals surface area contributed by atoms with Crippen LogP contribution >= 0.6 is 0 Å². The van der Waals surface area contributed by atoms with Crippen LogP contribution in [-0.4, -0.2) is 23.8 Å². The van der Waals surface area contributed by atoms with Gasteiger partial charge in [-0.25, -0.2) is 0 Å². The van der Waals surface area contributed by atoms with Crippen molar-refractivity contribution in [2.75, 3.05) is 18.6 Å². The number of anilines is 1. The summed E-state index contributed by atoms with van der Waals surface area (Å²) in [5, 5.41) is 3.95. The zero-order valence-electron chi connectivity index (χ0n) is 11.9. The third-order valence-corrected chi connectivity index (χ3v) is 3.65. The number of hydrogen-bond acceptors (Lipinski definition) is 5. The van der Waals surface area contributed by atoms with Gasteiger partial charge in [-0.15, -0.1) is 0 Å². The lowest BCUT2D eigenvalue weighted by Crippen LogP contribution is -2.28. The molecule has 0 N–H and O–H groups in total. The van der Waals surface area contributed by atoms with E-state index < -0.39 is 0 Å². The van der Waals surface area contributed by atoms with Gasteiger partial charge in [0.15, 0.2) is 5.82 Å². The highest BCUT2D eigenvalue weighted by Gasteiger charge is 2.19. The average molecular weight is 273 g/mol. The van der Waals surface area contributed by atoms with Gasteiger partial charge in [0.1, 0.15) is 5.75 Å². The highest BCUT2D eigenvalue weighted by Crippen LogP contribution is 2.31. The summed E-state index contributed by atoms with van der Waals surface area (Å²) in [5.74, 6) is 2.37. The summed E-state index contributed by atoms with van der Waals surface area (Å²) in [6.07, 6.45) is 3.03. The maximum absolute atomic E-state index is 5.29. The zero-order chi connectivity index (χ0) is 13.9. The van der Waals surface area contributed by atoms with Crippen molar-refractivity contribution in [1.29, 1.82) is 0 Å². The van der Waals surface area contributed by atoms with E-state index in [4.69, 9.17) is 9.26 Å². The maximum Gasteiger partial charge on any atom is 0.246 e. The largest absolute Gasteiger partial charge is 0.497 e. The zero-order valence-corrected chi connectivity index (χ0v) is 11.9. The van der Waals surface area contributed by atoms with Crippen molar-refractivity contribution >= 4 is 5.69 Å². The van der Waals surface area contributed by atoms with E-state index in [0.717, 1.165) is 37.4 Å². The molecule has 3 rings (SSSR count). The van der Waals surface area contributed by atoms with Gasteiger partial charge in [0.2, 0.25) is 5.89 Å². The molecule has 106 valence electrons. The molecule has 0 unspecified atom stereocenters. The van der Waals surface area contributed by atoms with E-state index in [1.54, 1.807) is 7.11 Å². The van der Waals surface area contributed by atoms with Gasteiger partial charge in [0, 0.05) is 18.7 Å². The molecule has 2 aromatic rings. The van der Waals surface area contributed by atoms with Gasteiger partial charge in [-0.3, -0.25) is 0 Å². The summed E-state index contributed by atoms with van der Waals surface area (Å²) in [6, 6.07) is 6.24. The third kappa shape index (κ3) is 2.48. The molecule has 0 radical (unpaired) electrons. The first-order valence-electron chi connectivity index (χ1n) is 7.03. The number of benzene rings is 1. The molecule has 2 heterocycles. The molecule has 0 atom stereocenters. The fourth-order valence-electron chi connectivity index (χ4n) is 2.60. The van der Waals surface area contributed by atoms with Crippen molar-refractivity contribution in [3.63, 3.8) is 0 Å². The van der Waals surface area contributed by atoms with Gasteiger partial charge in [-0.05, 0) is 36.6 Å². The summed E-state index contributed by atoms with van der Waals surface area (Å²) in [4.78, 5) is 6.68. The Labute approximate surface area is 118 Å². The second-order valence-corrected chi connectivity index (χ2v) is 4.98. The molecule has 0 spiro atoms. The predicted molar refractivity (Wildman–Crippen MR) is 76.0 cm³/mol. The molecular formula is C15H19N3O2. The normalized spacial score (nSPS) is 14.2. The Morgan fingerprint density at radius 1 is 1.40 bits per heavy atom. The summed E-state index contributed by atoms with van der Waals surface area (Å²) in [6.45, 7) is 3.71. The second-order valence-electron chi connectivity index (χ2n) is 4.98. The van der Waals surface area contributed by atoms with Crippen molar-refractivity contribution < 1.29 is 9.26 Å². The number of methoxy groups -OCH3 is 1. The predicted octanol–water partition coefficient (Wildman–Crippen LogP) is 2.59. The molecule has 1 aromatic heterocycles. The van der Waals surface area contributed by atoms with Crippen LogP contribution in [0.2, 0.25) is 0 Å². The molecule has 20 heavy (non-hydrogen) atoms. The molecule has 0 saturated heterocycles. The van der Waals surface area contributed by atoms with Gasteiger partial charge in [-0.1, -0.05) is 12.1 Å². The van der Waals surface area contributed by atoms with E-state index >= 15 is 0 Å². The van der Waals surface area contributed by atoms with Crippen molar-refractivity contribution in [2.24, 2.45) is 0 Å². The minimum atomic E-state index is 0.673. The van der Waals surface area contributed by atoms with E-state index in [1.807, 2.05) is 13.0 Å². The van der Waals surface area contributed by atoms with E-state index in [2.05, 4.69) is 27.2 Å². The van der Waals surface area contributed by atoms with Crippen LogP contribution in [0.15, 0.2) is 22.7 Å². The first kappa shape index (κ1) is 13.0. The standard InChI is InChI=1S/C15H19N3O2/c1-3-14-16-15(20-17-14)10-18-8-4-5-11-9-12(19-2)6-7-13(11)18/h6-7,9H,3-5,8,10H2,1-2H3. The van der Waals surface area contributed by atoms with Crippen LogP contribution in [0.1, 0.15) is 30.6 Å². The quantitative estimate of drug-likeness (QED) is 0.857. The Balaban J connectivity index is 1.82. The van der Waals surface area contributed by atoms with Crippen molar-refractivity contribution in [2.45, 2.75) is 32.7 Å². The number of aryl methyl sites for hydroxylation is 2. The lowest BCUT2D eigenvalue weighted by molar-refractivity contribution is 0.370. The smallest absolute Gasteiger partial charge is 0.246 e. The molecule has 5 nitrogen and oxygen atoms in total. The van der Waals surface area contributed by atoms with Crippen molar-refractivity contribution in [1.82, 2.24) is 10.1 Å². The fraction of sp³-hybridized carbons (Fsp3) is 0.467. The Morgan fingerprint density at radius 3 is 3.05 bits per heavy atom. The molecule has 0 aliphatic carbocycles. The van der Waals surface area contributed by atoms with Crippen LogP contribution in [-0.2, 0) is 19.4 Å². The number of fused-ring (bicyclic) bond motifs is 1. The highest BCUT2D eigenvalue weighted by atomic mass is 16.5. The van der Waals surface area contributed by atoms with Crippen LogP contribution < -0.4 is 9.64 Å². The minimum absolute atomic E-state index is 0.673. The molecule has 0 fully saturated rings. The number of rotatable bonds is 4. The summed E-state index contributed by atoms with van der Waals surface area (Å²) < 4.78 is 10.6. The topological polar surface area (TPSA) is 51.4 Å². The minimum Gasteiger partial charge on any atom is -0.497 e.